The van der Waals surface area contributed by atoms with E-state index in [2.05, 4.69) is 46.7 Å². The quantitative estimate of drug-likeness (QED) is 0.323. The lowest BCUT2D eigenvalue weighted by molar-refractivity contribution is 0.0480. The molecule has 1 atom stereocenters. The molecule has 1 aromatic carbocycles. The first-order valence-corrected chi connectivity index (χ1v) is 12.1. The molecule has 0 spiro atoms. The molecular formula is C25H32IN3O4. The number of carbonyl (C=O) groups excluding carboxylic acids is 1. The average Bonchev–Trinajstić information content (AvgIpc) is 2.68. The average molecular weight is 565 g/mol. The number of fused-ring (bicyclic) bond motifs is 3. The van der Waals surface area contributed by atoms with Gasteiger partial charge in [-0.2, -0.15) is 0 Å². The largest absolute Gasteiger partial charge is 0.490 e. The number of nitrogens with zero attached hydrogens (tertiary/aromatic N) is 2. The smallest absolute Gasteiger partial charge is 0.407 e. The van der Waals surface area contributed by atoms with Crippen LogP contribution in [0.5, 0.6) is 5.75 Å². The summed E-state index contributed by atoms with van der Waals surface area (Å²) in [4.78, 5) is 29.6. The van der Waals surface area contributed by atoms with Crippen LogP contribution in [0.25, 0.3) is 21.7 Å². The minimum Gasteiger partial charge on any atom is -0.490 e. The number of carbonyl (C=O) groups is 1. The maximum atomic E-state index is 13.0. The third-order valence-corrected chi connectivity index (χ3v) is 6.12. The minimum absolute atomic E-state index is 0.0838. The molecule has 0 bridgehead atoms. The summed E-state index contributed by atoms with van der Waals surface area (Å²) in [7, 11) is 1.76. The summed E-state index contributed by atoms with van der Waals surface area (Å²) < 4.78 is 14.1. The van der Waals surface area contributed by atoms with E-state index < -0.39 is 11.7 Å². The molecule has 0 radical (unpaired) electrons. The Kier molecular flexibility index (Phi) is 7.55. The van der Waals surface area contributed by atoms with Gasteiger partial charge in [0.25, 0.3) is 5.56 Å². The van der Waals surface area contributed by atoms with Crippen LogP contribution in [0.4, 0.5) is 4.79 Å². The number of rotatable bonds is 6. The fraction of sp³-hybridized carbons (Fsp3) is 0.480. The standard InChI is InChI=1S/C25H32IN3O4/c1-14(2)10-16(28-24(31)33-25(4,5)6)13-32-21-12-20-18(11-19(21)26)17-8-9-27-15(3)22(17)23(30)29(20)7/h8-9,11-12,14,16H,10,13H2,1-7H3,(H,28,31)/t16-/m0/s1. The molecule has 0 aliphatic heterocycles. The monoisotopic (exact) mass is 565 g/mol. The molecule has 8 heteroatoms. The number of amides is 1. The molecular weight excluding hydrogens is 533 g/mol. The second kappa shape index (κ2) is 9.87. The van der Waals surface area contributed by atoms with Gasteiger partial charge in [-0.25, -0.2) is 4.79 Å². The van der Waals surface area contributed by atoms with E-state index in [-0.39, 0.29) is 11.6 Å². The van der Waals surface area contributed by atoms with Crippen molar-refractivity contribution < 1.29 is 14.3 Å². The molecule has 0 saturated carbocycles. The predicted molar refractivity (Wildman–Crippen MR) is 140 cm³/mol. The summed E-state index contributed by atoms with van der Waals surface area (Å²) in [5.41, 5.74) is 0.853. The molecule has 7 nitrogen and oxygen atoms in total. The zero-order chi connectivity index (χ0) is 24.5. The molecule has 0 aliphatic rings. The predicted octanol–water partition coefficient (Wildman–Crippen LogP) is 5.32. The summed E-state index contributed by atoms with van der Waals surface area (Å²) >= 11 is 2.25. The SMILES string of the molecule is Cc1nccc2c1c(=O)n(C)c1cc(OC[C@H](CC(C)C)NC(=O)OC(C)(C)C)c(I)cc21. The van der Waals surface area contributed by atoms with Crippen molar-refractivity contribution in [3.05, 3.63) is 44.0 Å². The van der Waals surface area contributed by atoms with Crippen LogP contribution in [0.3, 0.4) is 0 Å². The summed E-state index contributed by atoms with van der Waals surface area (Å²) in [6.07, 6.45) is 2.02. The highest BCUT2D eigenvalue weighted by Gasteiger charge is 2.21. The molecule has 178 valence electrons. The van der Waals surface area contributed by atoms with Gasteiger partial charge in [-0.3, -0.25) is 9.78 Å². The van der Waals surface area contributed by atoms with Crippen molar-refractivity contribution in [2.24, 2.45) is 13.0 Å². The van der Waals surface area contributed by atoms with Crippen LogP contribution >= 0.6 is 22.6 Å². The van der Waals surface area contributed by atoms with E-state index in [1.807, 2.05) is 45.9 Å². The second-order valence-electron chi connectivity index (χ2n) is 9.77. The molecule has 3 aromatic rings. The van der Waals surface area contributed by atoms with Gasteiger partial charge in [0, 0.05) is 24.7 Å². The van der Waals surface area contributed by atoms with Gasteiger partial charge in [0.1, 0.15) is 18.0 Å². The number of benzene rings is 1. The van der Waals surface area contributed by atoms with Crippen LogP contribution in [0, 0.1) is 16.4 Å². The third kappa shape index (κ3) is 5.96. The van der Waals surface area contributed by atoms with Crippen molar-refractivity contribution in [2.75, 3.05) is 6.61 Å². The summed E-state index contributed by atoms with van der Waals surface area (Å²) in [5.74, 6) is 1.04. The fourth-order valence-corrected chi connectivity index (χ4v) is 4.51. The molecule has 2 heterocycles. The van der Waals surface area contributed by atoms with E-state index in [0.717, 1.165) is 32.0 Å². The Labute approximate surface area is 208 Å². The van der Waals surface area contributed by atoms with E-state index in [4.69, 9.17) is 9.47 Å². The van der Waals surface area contributed by atoms with Crippen molar-refractivity contribution in [1.29, 1.82) is 0 Å². The number of halogens is 1. The molecule has 0 aliphatic carbocycles. The second-order valence-corrected chi connectivity index (χ2v) is 10.9. The number of alkyl carbamates (subject to hydrolysis) is 1. The number of ether oxygens (including phenoxy) is 2. The van der Waals surface area contributed by atoms with Crippen LogP contribution in [0.2, 0.25) is 0 Å². The van der Waals surface area contributed by atoms with E-state index >= 15 is 0 Å². The van der Waals surface area contributed by atoms with Crippen LogP contribution in [-0.4, -0.2) is 33.9 Å². The Bertz CT molecular complexity index is 1240. The first-order valence-electron chi connectivity index (χ1n) is 11.1. The van der Waals surface area contributed by atoms with Crippen molar-refractivity contribution in [3.63, 3.8) is 0 Å². The van der Waals surface area contributed by atoms with Crippen LogP contribution < -0.4 is 15.6 Å². The number of pyridine rings is 2. The molecule has 0 fully saturated rings. The van der Waals surface area contributed by atoms with Gasteiger partial charge in [0.05, 0.1) is 26.2 Å². The number of hydrogen-bond acceptors (Lipinski definition) is 5. The maximum Gasteiger partial charge on any atom is 0.407 e. The molecule has 2 aromatic heterocycles. The molecule has 0 saturated heterocycles. The van der Waals surface area contributed by atoms with E-state index in [1.165, 1.54) is 0 Å². The molecule has 1 N–H and O–H groups in total. The van der Waals surface area contributed by atoms with Gasteiger partial charge in [-0.1, -0.05) is 13.8 Å². The first-order chi connectivity index (χ1) is 15.4. The Morgan fingerprint density at radius 3 is 2.58 bits per heavy atom. The minimum atomic E-state index is -0.567. The molecule has 33 heavy (non-hydrogen) atoms. The van der Waals surface area contributed by atoms with Gasteiger partial charge in [-0.15, -0.1) is 0 Å². The van der Waals surface area contributed by atoms with Gasteiger partial charge < -0.3 is 19.4 Å². The van der Waals surface area contributed by atoms with Gasteiger partial charge >= 0.3 is 6.09 Å². The van der Waals surface area contributed by atoms with Crippen molar-refractivity contribution in [1.82, 2.24) is 14.9 Å². The van der Waals surface area contributed by atoms with Crippen molar-refractivity contribution in [2.45, 2.75) is 59.6 Å². The van der Waals surface area contributed by atoms with Crippen LogP contribution in [0.15, 0.2) is 29.2 Å². The normalized spacial score (nSPS) is 12.9. The van der Waals surface area contributed by atoms with Gasteiger partial charge in [0.2, 0.25) is 0 Å². The highest BCUT2D eigenvalue weighted by molar-refractivity contribution is 14.1. The van der Waals surface area contributed by atoms with Gasteiger partial charge in [-0.05, 0) is 80.1 Å². The van der Waals surface area contributed by atoms with E-state index in [9.17, 15) is 9.59 Å². The highest BCUT2D eigenvalue weighted by Crippen LogP contribution is 2.31. The zero-order valence-corrected chi connectivity index (χ0v) is 22.4. The summed E-state index contributed by atoms with van der Waals surface area (Å²) in [6.45, 7) is 11.9. The lowest BCUT2D eigenvalue weighted by atomic mass is 10.0. The van der Waals surface area contributed by atoms with Crippen molar-refractivity contribution >= 4 is 50.4 Å². The number of aromatic nitrogens is 2. The summed E-state index contributed by atoms with van der Waals surface area (Å²) in [6, 6.07) is 5.60. The van der Waals surface area contributed by atoms with Crippen LogP contribution in [-0.2, 0) is 11.8 Å². The molecule has 0 unspecified atom stereocenters. The zero-order valence-electron chi connectivity index (χ0n) is 20.3. The fourth-order valence-electron chi connectivity index (χ4n) is 3.89. The number of nitrogens with one attached hydrogen (secondary N) is 1. The third-order valence-electron chi connectivity index (χ3n) is 5.28. The lowest BCUT2D eigenvalue weighted by Crippen LogP contribution is -2.42. The summed E-state index contributed by atoms with van der Waals surface area (Å²) in [5, 5.41) is 5.42. The first kappa shape index (κ1) is 25.3. The van der Waals surface area contributed by atoms with E-state index in [0.29, 0.717) is 23.7 Å². The van der Waals surface area contributed by atoms with E-state index in [1.54, 1.807) is 17.8 Å². The maximum absolute atomic E-state index is 13.0. The molecule has 3 rings (SSSR count). The Hall–Kier alpha value is -2.36. The van der Waals surface area contributed by atoms with Crippen LogP contribution in [0.1, 0.15) is 46.7 Å². The Morgan fingerprint density at radius 2 is 1.94 bits per heavy atom. The molecule has 1 amide bonds. The highest BCUT2D eigenvalue weighted by atomic mass is 127. The lowest BCUT2D eigenvalue weighted by Gasteiger charge is -2.25. The Morgan fingerprint density at radius 1 is 1.24 bits per heavy atom. The number of aryl methyl sites for hydroxylation is 2. The van der Waals surface area contributed by atoms with Gasteiger partial charge in [0.15, 0.2) is 0 Å². The topological polar surface area (TPSA) is 82.5 Å². The number of hydrogen-bond donors (Lipinski definition) is 1. The Balaban J connectivity index is 1.92. The van der Waals surface area contributed by atoms with Crippen molar-refractivity contribution in [3.8, 4) is 5.75 Å².